The number of amides is 1. The molecule has 2 aromatic heterocycles. The number of thiophene rings is 1. The second-order valence-corrected chi connectivity index (χ2v) is 9.78. The number of hydrazine groups is 1. The Hall–Kier alpha value is -3.95. The number of nitrogens with one attached hydrogen (secondary N) is 4. The maximum atomic E-state index is 13.2. The lowest BCUT2D eigenvalue weighted by molar-refractivity contribution is 0.103. The van der Waals surface area contributed by atoms with E-state index in [0.717, 1.165) is 59.7 Å². The van der Waals surface area contributed by atoms with Crippen LogP contribution in [0.4, 0.5) is 17.1 Å². The van der Waals surface area contributed by atoms with Gasteiger partial charge in [-0.1, -0.05) is 24.3 Å². The van der Waals surface area contributed by atoms with Crippen molar-refractivity contribution in [1.29, 1.82) is 0 Å². The van der Waals surface area contributed by atoms with E-state index in [1.54, 1.807) is 0 Å². The molecule has 0 radical (unpaired) electrons. The van der Waals surface area contributed by atoms with Gasteiger partial charge in [-0.3, -0.25) is 15.2 Å². The van der Waals surface area contributed by atoms with E-state index in [0.29, 0.717) is 17.1 Å². The van der Waals surface area contributed by atoms with Gasteiger partial charge in [0.25, 0.3) is 5.91 Å². The lowest BCUT2D eigenvalue weighted by Gasteiger charge is -2.29. The Kier molecular flexibility index (Phi) is 7.93. The van der Waals surface area contributed by atoms with Gasteiger partial charge in [-0.25, -0.2) is 10.4 Å². The molecule has 0 saturated carbocycles. The molecule has 0 bridgehead atoms. The molecule has 2 aromatic carbocycles. The van der Waals surface area contributed by atoms with Crippen molar-refractivity contribution >= 4 is 51.2 Å². The number of pyridine rings is 1. The molecule has 5 rings (SSSR count). The number of piperidine rings is 1. The molecule has 0 aliphatic carbocycles. The van der Waals surface area contributed by atoms with Crippen LogP contribution in [0.5, 0.6) is 0 Å². The van der Waals surface area contributed by atoms with Crippen molar-refractivity contribution in [3.05, 3.63) is 82.7 Å². The monoisotopic (exact) mass is 513 g/mol. The van der Waals surface area contributed by atoms with Gasteiger partial charge in [-0.05, 0) is 66.6 Å². The molecule has 0 atom stereocenters. The number of hydrogen-bond donors (Lipinski definition) is 4. The number of anilines is 2. The lowest BCUT2D eigenvalue weighted by atomic mass is 10.1. The third kappa shape index (κ3) is 6.07. The fraction of sp³-hybridized carbons (Fsp3) is 0.250. The van der Waals surface area contributed by atoms with Crippen LogP contribution in [0.3, 0.4) is 0 Å². The minimum absolute atomic E-state index is 0.150. The SMILES string of the molecule is CNNC(=Nc1cccc(NC(=O)c2sccc2NCc2ccnc3ccccc23)c1)N1CCCCC1. The minimum atomic E-state index is -0.150. The highest BCUT2D eigenvalue weighted by Crippen LogP contribution is 2.26. The Balaban J connectivity index is 1.28. The summed E-state index contributed by atoms with van der Waals surface area (Å²) < 4.78 is 0. The van der Waals surface area contributed by atoms with Crippen molar-refractivity contribution in [1.82, 2.24) is 20.7 Å². The van der Waals surface area contributed by atoms with Gasteiger partial charge >= 0.3 is 0 Å². The van der Waals surface area contributed by atoms with Crippen LogP contribution in [-0.2, 0) is 6.54 Å². The molecular formula is C28H31N7OS. The van der Waals surface area contributed by atoms with Crippen LogP contribution in [0.2, 0.25) is 0 Å². The number of likely N-dealkylation sites (tertiary alicyclic amines) is 1. The number of fused-ring (bicyclic) bond motifs is 1. The number of aliphatic imine (C=N–C) groups is 1. The van der Waals surface area contributed by atoms with Crippen molar-refractivity contribution in [2.75, 3.05) is 30.8 Å². The smallest absolute Gasteiger partial charge is 0.267 e. The lowest BCUT2D eigenvalue weighted by Crippen LogP contribution is -2.48. The average molecular weight is 514 g/mol. The number of carbonyl (C=O) groups is 1. The molecule has 4 aromatic rings. The first-order chi connectivity index (χ1) is 18.2. The third-order valence-corrected chi connectivity index (χ3v) is 7.22. The van der Waals surface area contributed by atoms with Crippen LogP contribution in [0.15, 0.2) is 77.2 Å². The van der Waals surface area contributed by atoms with E-state index >= 15 is 0 Å². The second-order valence-electron chi connectivity index (χ2n) is 8.87. The Labute approximate surface area is 220 Å². The van der Waals surface area contributed by atoms with Gasteiger partial charge in [0.05, 0.1) is 16.9 Å². The summed E-state index contributed by atoms with van der Waals surface area (Å²) in [6, 6.07) is 19.6. The normalized spacial score (nSPS) is 14.0. The van der Waals surface area contributed by atoms with Gasteiger partial charge in [0.2, 0.25) is 5.96 Å². The zero-order valence-corrected chi connectivity index (χ0v) is 21.6. The minimum Gasteiger partial charge on any atom is -0.380 e. The molecule has 8 nitrogen and oxygen atoms in total. The molecule has 3 heterocycles. The van der Waals surface area contributed by atoms with Crippen molar-refractivity contribution in [2.24, 2.45) is 4.99 Å². The van der Waals surface area contributed by atoms with Crippen molar-refractivity contribution < 1.29 is 4.79 Å². The predicted molar refractivity (Wildman–Crippen MR) is 152 cm³/mol. The molecule has 1 aliphatic heterocycles. The van der Waals surface area contributed by atoms with Crippen LogP contribution < -0.4 is 21.5 Å². The molecule has 1 amide bonds. The van der Waals surface area contributed by atoms with Crippen molar-refractivity contribution in [3.63, 3.8) is 0 Å². The van der Waals surface area contributed by atoms with Crippen LogP contribution in [-0.4, -0.2) is 41.9 Å². The summed E-state index contributed by atoms with van der Waals surface area (Å²) in [5, 5.41) is 9.51. The standard InChI is InChI=1S/C28H31N7OS/c1-29-34-28(35-15-5-2-6-16-35)33-22-9-7-8-21(18-22)32-27(36)26-25(13-17-37-26)31-19-20-12-14-30-24-11-4-3-10-23(20)24/h3-4,7-14,17-18,29,31H,2,5-6,15-16,19H2,1H3,(H,32,36)(H,33,34). The van der Waals surface area contributed by atoms with Crippen molar-refractivity contribution in [2.45, 2.75) is 25.8 Å². The number of benzene rings is 2. The zero-order valence-electron chi connectivity index (χ0n) is 20.8. The van der Waals surface area contributed by atoms with Crippen LogP contribution in [0.1, 0.15) is 34.5 Å². The summed E-state index contributed by atoms with van der Waals surface area (Å²) in [5.41, 5.74) is 10.5. The Morgan fingerprint density at radius 1 is 1.05 bits per heavy atom. The zero-order chi connectivity index (χ0) is 25.5. The molecule has 1 saturated heterocycles. The maximum absolute atomic E-state index is 13.2. The fourth-order valence-electron chi connectivity index (χ4n) is 4.48. The molecule has 190 valence electrons. The Morgan fingerprint density at radius 2 is 1.92 bits per heavy atom. The molecule has 0 unspecified atom stereocenters. The number of guanidine groups is 1. The number of aromatic nitrogens is 1. The topological polar surface area (TPSA) is 93.7 Å². The van der Waals surface area contributed by atoms with E-state index in [-0.39, 0.29) is 5.91 Å². The maximum Gasteiger partial charge on any atom is 0.267 e. The van der Waals surface area contributed by atoms with Gasteiger partial charge in [-0.2, -0.15) is 0 Å². The molecule has 1 aliphatic rings. The fourth-order valence-corrected chi connectivity index (χ4v) is 5.25. The first-order valence-corrected chi connectivity index (χ1v) is 13.4. The average Bonchev–Trinajstić information content (AvgIpc) is 3.41. The van der Waals surface area contributed by atoms with E-state index in [1.165, 1.54) is 17.8 Å². The quantitative estimate of drug-likeness (QED) is 0.151. The van der Waals surface area contributed by atoms with Gasteiger partial charge < -0.3 is 15.5 Å². The predicted octanol–water partition coefficient (Wildman–Crippen LogP) is 5.36. The van der Waals surface area contributed by atoms with E-state index in [2.05, 4.69) is 37.4 Å². The van der Waals surface area contributed by atoms with Crippen LogP contribution in [0.25, 0.3) is 10.9 Å². The Bertz CT molecular complexity index is 1390. The number of rotatable bonds is 7. The first-order valence-electron chi connectivity index (χ1n) is 12.5. The van der Waals surface area contributed by atoms with Gasteiger partial charge in [0.15, 0.2) is 0 Å². The van der Waals surface area contributed by atoms with Crippen molar-refractivity contribution in [3.8, 4) is 0 Å². The highest BCUT2D eigenvalue weighted by Gasteiger charge is 2.16. The van der Waals surface area contributed by atoms with Crippen LogP contribution in [0, 0.1) is 0 Å². The van der Waals surface area contributed by atoms with E-state index in [9.17, 15) is 4.79 Å². The molecule has 9 heteroatoms. The Morgan fingerprint density at radius 3 is 2.78 bits per heavy atom. The first kappa shape index (κ1) is 24.7. The highest BCUT2D eigenvalue weighted by molar-refractivity contribution is 7.12. The highest BCUT2D eigenvalue weighted by atomic mass is 32.1. The van der Waals surface area contributed by atoms with E-state index in [4.69, 9.17) is 4.99 Å². The summed E-state index contributed by atoms with van der Waals surface area (Å²) >= 11 is 1.42. The second kappa shape index (κ2) is 11.9. The largest absolute Gasteiger partial charge is 0.380 e. The molecule has 37 heavy (non-hydrogen) atoms. The van der Waals surface area contributed by atoms with Gasteiger partial charge in [0, 0.05) is 44.0 Å². The summed E-state index contributed by atoms with van der Waals surface area (Å²) in [5.74, 6) is 0.641. The third-order valence-electron chi connectivity index (χ3n) is 6.31. The molecule has 0 spiro atoms. The molecular weight excluding hydrogens is 482 g/mol. The number of nitrogens with zero attached hydrogens (tertiary/aromatic N) is 3. The molecule has 1 fully saturated rings. The van der Waals surface area contributed by atoms with E-state index in [1.807, 2.05) is 73.2 Å². The summed E-state index contributed by atoms with van der Waals surface area (Å²) in [7, 11) is 1.83. The van der Waals surface area contributed by atoms with Gasteiger partial charge in [0.1, 0.15) is 4.88 Å². The summed E-state index contributed by atoms with van der Waals surface area (Å²) in [6.07, 6.45) is 5.40. The summed E-state index contributed by atoms with van der Waals surface area (Å²) in [4.78, 5) is 25.3. The number of hydrogen-bond acceptors (Lipinski definition) is 6. The van der Waals surface area contributed by atoms with Gasteiger partial charge in [-0.15, -0.1) is 11.3 Å². The van der Waals surface area contributed by atoms with E-state index < -0.39 is 0 Å². The number of para-hydroxylation sites is 1. The molecule has 4 N–H and O–H groups in total. The summed E-state index contributed by atoms with van der Waals surface area (Å²) in [6.45, 7) is 2.56. The number of carbonyl (C=O) groups excluding carboxylic acids is 1. The van der Waals surface area contributed by atoms with Crippen LogP contribution >= 0.6 is 11.3 Å².